The molecule has 2 N–H and O–H groups in total. The van der Waals surface area contributed by atoms with Crippen LogP contribution in [0.1, 0.15) is 52.9 Å². The van der Waals surface area contributed by atoms with E-state index in [-0.39, 0.29) is 6.10 Å². The zero-order chi connectivity index (χ0) is 14.3. The summed E-state index contributed by atoms with van der Waals surface area (Å²) in [6.07, 6.45) is 6.35. The molecular formula is C16H34N2O. The molecule has 3 heteroatoms. The standard InChI is InChI=1S/C16H34N2O/c1-5-10-17-12-16(8-6-14(2)7-9-16)13-18(4)11-15(3)19/h14-15,17,19H,5-13H2,1-4H3. The Morgan fingerprint density at radius 1 is 1.37 bits per heavy atom. The Morgan fingerprint density at radius 3 is 2.53 bits per heavy atom. The Balaban J connectivity index is 2.53. The summed E-state index contributed by atoms with van der Waals surface area (Å²) in [5, 5.41) is 13.2. The van der Waals surface area contributed by atoms with Crippen LogP contribution in [0.2, 0.25) is 0 Å². The lowest BCUT2D eigenvalue weighted by Crippen LogP contribution is -2.46. The van der Waals surface area contributed by atoms with Gasteiger partial charge in [0.1, 0.15) is 0 Å². The zero-order valence-electron chi connectivity index (χ0n) is 13.4. The van der Waals surface area contributed by atoms with E-state index < -0.39 is 0 Å². The first-order valence-corrected chi connectivity index (χ1v) is 8.05. The third kappa shape index (κ3) is 6.24. The lowest BCUT2D eigenvalue weighted by Gasteiger charge is -2.42. The van der Waals surface area contributed by atoms with Gasteiger partial charge in [-0.15, -0.1) is 0 Å². The van der Waals surface area contributed by atoms with Crippen LogP contribution >= 0.6 is 0 Å². The normalized spacial score (nSPS) is 29.7. The molecule has 1 rings (SSSR count). The van der Waals surface area contributed by atoms with E-state index in [1.807, 2.05) is 6.92 Å². The predicted octanol–water partition coefficient (Wildman–Crippen LogP) is 2.50. The third-order valence-corrected chi connectivity index (χ3v) is 4.44. The number of nitrogens with one attached hydrogen (secondary N) is 1. The monoisotopic (exact) mass is 270 g/mol. The number of nitrogens with zero attached hydrogens (tertiary/aromatic N) is 1. The second kappa shape index (κ2) is 8.23. The van der Waals surface area contributed by atoms with Crippen LogP contribution in [0.5, 0.6) is 0 Å². The van der Waals surface area contributed by atoms with Crippen LogP contribution in [0.25, 0.3) is 0 Å². The first-order chi connectivity index (χ1) is 8.97. The van der Waals surface area contributed by atoms with Crippen molar-refractivity contribution in [2.75, 3.05) is 33.2 Å². The molecule has 3 nitrogen and oxygen atoms in total. The van der Waals surface area contributed by atoms with E-state index in [1.165, 1.54) is 32.1 Å². The van der Waals surface area contributed by atoms with Crippen molar-refractivity contribution in [3.63, 3.8) is 0 Å². The highest BCUT2D eigenvalue weighted by Crippen LogP contribution is 2.39. The number of hydrogen-bond donors (Lipinski definition) is 2. The van der Waals surface area contributed by atoms with Gasteiger partial charge in [0, 0.05) is 19.6 Å². The molecule has 0 aliphatic heterocycles. The second-order valence-corrected chi connectivity index (χ2v) is 6.91. The molecule has 1 fully saturated rings. The highest BCUT2D eigenvalue weighted by molar-refractivity contribution is 4.89. The van der Waals surface area contributed by atoms with Crippen LogP contribution in [0.15, 0.2) is 0 Å². The van der Waals surface area contributed by atoms with Gasteiger partial charge in [0.2, 0.25) is 0 Å². The molecule has 19 heavy (non-hydrogen) atoms. The zero-order valence-corrected chi connectivity index (χ0v) is 13.4. The third-order valence-electron chi connectivity index (χ3n) is 4.44. The van der Waals surface area contributed by atoms with Crippen molar-refractivity contribution >= 4 is 0 Å². The highest BCUT2D eigenvalue weighted by atomic mass is 16.3. The minimum Gasteiger partial charge on any atom is -0.392 e. The van der Waals surface area contributed by atoms with Crippen LogP contribution < -0.4 is 5.32 Å². The van der Waals surface area contributed by atoms with Crippen LogP contribution in [0.4, 0.5) is 0 Å². The van der Waals surface area contributed by atoms with Crippen molar-refractivity contribution in [3.05, 3.63) is 0 Å². The summed E-state index contributed by atoms with van der Waals surface area (Å²) in [5.41, 5.74) is 0.422. The van der Waals surface area contributed by atoms with E-state index in [4.69, 9.17) is 0 Å². The summed E-state index contributed by atoms with van der Waals surface area (Å²) in [6, 6.07) is 0. The molecule has 0 heterocycles. The van der Waals surface area contributed by atoms with Gasteiger partial charge < -0.3 is 15.3 Å². The fourth-order valence-corrected chi connectivity index (χ4v) is 3.38. The Hall–Kier alpha value is -0.120. The minimum absolute atomic E-state index is 0.229. The Bertz CT molecular complexity index is 235. The summed E-state index contributed by atoms with van der Waals surface area (Å²) in [6.45, 7) is 10.6. The number of aliphatic hydroxyl groups is 1. The summed E-state index contributed by atoms with van der Waals surface area (Å²) in [7, 11) is 2.15. The topological polar surface area (TPSA) is 35.5 Å². The van der Waals surface area contributed by atoms with Gasteiger partial charge in [-0.25, -0.2) is 0 Å². The van der Waals surface area contributed by atoms with Crippen molar-refractivity contribution in [3.8, 4) is 0 Å². The van der Waals surface area contributed by atoms with Crippen LogP contribution in [0.3, 0.4) is 0 Å². The minimum atomic E-state index is -0.229. The van der Waals surface area contributed by atoms with Gasteiger partial charge in [0.15, 0.2) is 0 Å². The summed E-state index contributed by atoms with van der Waals surface area (Å²) < 4.78 is 0. The molecule has 0 aromatic rings. The van der Waals surface area contributed by atoms with Gasteiger partial charge in [-0.1, -0.05) is 26.7 Å². The summed E-state index contributed by atoms with van der Waals surface area (Å²) >= 11 is 0. The van der Waals surface area contributed by atoms with E-state index in [0.29, 0.717) is 5.41 Å². The lowest BCUT2D eigenvalue weighted by atomic mass is 9.70. The molecule has 0 spiro atoms. The fourth-order valence-electron chi connectivity index (χ4n) is 3.38. The van der Waals surface area contributed by atoms with Crippen molar-refractivity contribution in [2.45, 2.75) is 59.0 Å². The Morgan fingerprint density at radius 2 is 2.00 bits per heavy atom. The summed E-state index contributed by atoms with van der Waals surface area (Å²) in [4.78, 5) is 2.31. The van der Waals surface area contributed by atoms with E-state index >= 15 is 0 Å². The van der Waals surface area contributed by atoms with E-state index in [0.717, 1.165) is 32.1 Å². The van der Waals surface area contributed by atoms with E-state index in [2.05, 4.69) is 31.1 Å². The number of rotatable bonds is 8. The van der Waals surface area contributed by atoms with Gasteiger partial charge in [-0.05, 0) is 51.1 Å². The maximum atomic E-state index is 9.54. The van der Waals surface area contributed by atoms with E-state index in [9.17, 15) is 5.11 Å². The summed E-state index contributed by atoms with van der Waals surface area (Å²) in [5.74, 6) is 0.890. The Kier molecular flexibility index (Phi) is 7.33. The molecule has 0 aromatic carbocycles. The van der Waals surface area contributed by atoms with Crippen molar-refractivity contribution < 1.29 is 5.11 Å². The van der Waals surface area contributed by atoms with E-state index in [1.54, 1.807) is 0 Å². The van der Waals surface area contributed by atoms with Crippen molar-refractivity contribution in [1.82, 2.24) is 10.2 Å². The fraction of sp³-hybridized carbons (Fsp3) is 1.00. The lowest BCUT2D eigenvalue weighted by molar-refractivity contribution is 0.0712. The average molecular weight is 270 g/mol. The van der Waals surface area contributed by atoms with Gasteiger partial charge in [-0.3, -0.25) is 0 Å². The molecule has 1 aliphatic carbocycles. The SMILES string of the molecule is CCCNCC1(CN(C)CC(C)O)CCC(C)CC1. The first kappa shape index (κ1) is 16.9. The Labute approximate surface area is 119 Å². The molecule has 0 aromatic heterocycles. The smallest absolute Gasteiger partial charge is 0.0638 e. The van der Waals surface area contributed by atoms with Crippen molar-refractivity contribution in [1.29, 1.82) is 0 Å². The average Bonchev–Trinajstić information content (AvgIpc) is 2.32. The molecular weight excluding hydrogens is 236 g/mol. The van der Waals surface area contributed by atoms with Crippen LogP contribution in [-0.2, 0) is 0 Å². The number of aliphatic hydroxyl groups excluding tert-OH is 1. The molecule has 0 bridgehead atoms. The molecule has 114 valence electrons. The first-order valence-electron chi connectivity index (χ1n) is 8.05. The predicted molar refractivity (Wildman–Crippen MR) is 82.4 cm³/mol. The van der Waals surface area contributed by atoms with Crippen LogP contribution in [0, 0.1) is 11.3 Å². The molecule has 0 radical (unpaired) electrons. The van der Waals surface area contributed by atoms with Gasteiger partial charge in [0.05, 0.1) is 6.10 Å². The van der Waals surface area contributed by atoms with Gasteiger partial charge in [0.25, 0.3) is 0 Å². The molecule has 0 amide bonds. The molecule has 0 saturated heterocycles. The highest BCUT2D eigenvalue weighted by Gasteiger charge is 2.34. The van der Waals surface area contributed by atoms with Crippen LogP contribution in [-0.4, -0.2) is 49.3 Å². The van der Waals surface area contributed by atoms with Crippen molar-refractivity contribution in [2.24, 2.45) is 11.3 Å². The quantitative estimate of drug-likeness (QED) is 0.665. The van der Waals surface area contributed by atoms with Gasteiger partial charge in [-0.2, -0.15) is 0 Å². The maximum absolute atomic E-state index is 9.54. The molecule has 1 atom stereocenters. The van der Waals surface area contributed by atoms with Gasteiger partial charge >= 0.3 is 0 Å². The largest absolute Gasteiger partial charge is 0.392 e. The second-order valence-electron chi connectivity index (χ2n) is 6.91. The maximum Gasteiger partial charge on any atom is 0.0638 e. The number of likely N-dealkylation sites (N-methyl/N-ethyl adjacent to an activating group) is 1. The number of hydrogen-bond acceptors (Lipinski definition) is 3. The molecule has 1 saturated carbocycles. The molecule has 1 unspecified atom stereocenters. The molecule has 1 aliphatic rings.